The maximum Gasteiger partial charge on any atom is 0.239 e. The van der Waals surface area contributed by atoms with Crippen molar-refractivity contribution in [3.63, 3.8) is 0 Å². The Kier molecular flexibility index (Phi) is 4.19. The number of hydrogen-bond donors (Lipinski definition) is 1. The van der Waals surface area contributed by atoms with E-state index in [9.17, 15) is 8.42 Å². The van der Waals surface area contributed by atoms with Gasteiger partial charge in [-0.05, 0) is 12.1 Å². The molecule has 2 N–H and O–H groups in total. The molecule has 0 aliphatic heterocycles. The molecule has 0 saturated heterocycles. The second kappa shape index (κ2) is 5.57. The van der Waals surface area contributed by atoms with Gasteiger partial charge in [-0.1, -0.05) is 23.2 Å². The minimum Gasteiger partial charge on any atom is -0.484 e. The minimum absolute atomic E-state index is 0.0274. The fraction of sp³-hybridized carbons (Fsp3) is 0.200. The molecule has 108 valence electrons. The van der Waals surface area contributed by atoms with Crippen molar-refractivity contribution in [3.8, 4) is 5.75 Å². The van der Waals surface area contributed by atoms with Gasteiger partial charge in [-0.2, -0.15) is 5.10 Å². The lowest BCUT2D eigenvalue weighted by molar-refractivity contribution is 0.290. The molecule has 0 atom stereocenters. The molecule has 2 rings (SSSR count). The van der Waals surface area contributed by atoms with Crippen LogP contribution < -0.4 is 9.88 Å². The molecule has 0 aliphatic rings. The summed E-state index contributed by atoms with van der Waals surface area (Å²) in [5.74, 6) is 0.805. The van der Waals surface area contributed by atoms with Crippen LogP contribution >= 0.6 is 23.2 Å². The van der Waals surface area contributed by atoms with Crippen molar-refractivity contribution in [2.45, 2.75) is 11.5 Å². The van der Waals surface area contributed by atoms with Crippen molar-refractivity contribution >= 4 is 33.2 Å². The lowest BCUT2D eigenvalue weighted by Gasteiger charge is -2.10. The average Bonchev–Trinajstić information content (AvgIpc) is 2.75. The van der Waals surface area contributed by atoms with E-state index in [2.05, 4.69) is 10.1 Å². The Bertz CT molecular complexity index is 745. The molecule has 1 aromatic carbocycles. The van der Waals surface area contributed by atoms with E-state index in [4.69, 9.17) is 33.1 Å². The van der Waals surface area contributed by atoms with E-state index in [-0.39, 0.29) is 27.3 Å². The SMILES string of the molecule is Cn1ncnc1COc1ccc(S(N)(=O)=O)c(Cl)c1Cl. The van der Waals surface area contributed by atoms with Crippen LogP contribution in [-0.4, -0.2) is 23.2 Å². The monoisotopic (exact) mass is 336 g/mol. The first kappa shape index (κ1) is 15.0. The van der Waals surface area contributed by atoms with Crippen LogP contribution in [-0.2, 0) is 23.7 Å². The average molecular weight is 337 g/mol. The largest absolute Gasteiger partial charge is 0.484 e. The molecule has 20 heavy (non-hydrogen) atoms. The second-order valence-corrected chi connectivity index (χ2v) is 6.11. The van der Waals surface area contributed by atoms with E-state index in [1.54, 1.807) is 7.05 Å². The van der Waals surface area contributed by atoms with Crippen molar-refractivity contribution in [1.29, 1.82) is 0 Å². The molecule has 1 aromatic heterocycles. The predicted octanol–water partition coefficient (Wildman–Crippen LogP) is 1.35. The van der Waals surface area contributed by atoms with Gasteiger partial charge in [-0.25, -0.2) is 18.5 Å². The number of ether oxygens (including phenoxy) is 1. The molecule has 0 spiro atoms. The van der Waals surface area contributed by atoms with Crippen LogP contribution in [0.3, 0.4) is 0 Å². The number of sulfonamides is 1. The summed E-state index contributed by atoms with van der Waals surface area (Å²) in [5.41, 5.74) is 0. The second-order valence-electron chi connectivity index (χ2n) is 3.82. The van der Waals surface area contributed by atoms with Gasteiger partial charge in [-0.15, -0.1) is 0 Å². The molecular weight excluding hydrogens is 327 g/mol. The molecule has 0 unspecified atom stereocenters. The van der Waals surface area contributed by atoms with Crippen molar-refractivity contribution in [3.05, 3.63) is 34.3 Å². The summed E-state index contributed by atoms with van der Waals surface area (Å²) in [6, 6.07) is 2.61. The van der Waals surface area contributed by atoms with Gasteiger partial charge in [0, 0.05) is 7.05 Å². The Balaban J connectivity index is 2.27. The van der Waals surface area contributed by atoms with Gasteiger partial charge in [0.25, 0.3) is 0 Å². The molecule has 0 saturated carbocycles. The summed E-state index contributed by atoms with van der Waals surface area (Å²) in [4.78, 5) is 3.72. The molecular formula is C10H10Cl2N4O3S. The Morgan fingerprint density at radius 3 is 2.60 bits per heavy atom. The van der Waals surface area contributed by atoms with E-state index in [1.807, 2.05) is 0 Å². The first-order valence-corrected chi connectivity index (χ1v) is 7.57. The number of nitrogens with zero attached hydrogens (tertiary/aromatic N) is 3. The van der Waals surface area contributed by atoms with E-state index in [0.717, 1.165) is 0 Å². The van der Waals surface area contributed by atoms with E-state index < -0.39 is 10.0 Å². The van der Waals surface area contributed by atoms with E-state index in [1.165, 1.54) is 23.1 Å². The fourth-order valence-corrected chi connectivity index (χ4v) is 2.80. The molecule has 1 heterocycles. The van der Waals surface area contributed by atoms with E-state index in [0.29, 0.717) is 5.82 Å². The summed E-state index contributed by atoms with van der Waals surface area (Å²) in [5, 5.41) is 8.70. The van der Waals surface area contributed by atoms with Crippen molar-refractivity contribution in [1.82, 2.24) is 14.8 Å². The van der Waals surface area contributed by atoms with Gasteiger partial charge in [0.1, 0.15) is 28.6 Å². The zero-order valence-corrected chi connectivity index (χ0v) is 12.6. The predicted molar refractivity (Wildman–Crippen MR) is 73.2 cm³/mol. The van der Waals surface area contributed by atoms with Crippen LogP contribution in [0.15, 0.2) is 23.4 Å². The number of primary sulfonamides is 1. The molecule has 0 amide bonds. The van der Waals surface area contributed by atoms with Crippen LogP contribution in [0.2, 0.25) is 10.0 Å². The van der Waals surface area contributed by atoms with Crippen LogP contribution in [0.4, 0.5) is 0 Å². The molecule has 0 bridgehead atoms. The summed E-state index contributed by atoms with van der Waals surface area (Å²) in [6.45, 7) is 0.112. The smallest absolute Gasteiger partial charge is 0.239 e. The van der Waals surface area contributed by atoms with Crippen molar-refractivity contribution < 1.29 is 13.2 Å². The van der Waals surface area contributed by atoms with Crippen LogP contribution in [0.1, 0.15) is 5.82 Å². The number of hydrogen-bond acceptors (Lipinski definition) is 5. The van der Waals surface area contributed by atoms with Gasteiger partial charge in [0.2, 0.25) is 10.0 Å². The summed E-state index contributed by atoms with van der Waals surface area (Å²) >= 11 is 11.8. The Labute approximate surface area is 125 Å². The number of aryl methyl sites for hydroxylation is 1. The zero-order chi connectivity index (χ0) is 14.9. The molecule has 0 aliphatic carbocycles. The Hall–Kier alpha value is -1.35. The van der Waals surface area contributed by atoms with Crippen molar-refractivity contribution in [2.24, 2.45) is 12.2 Å². The van der Waals surface area contributed by atoms with Crippen molar-refractivity contribution in [2.75, 3.05) is 0 Å². The third-order valence-electron chi connectivity index (χ3n) is 2.48. The fourth-order valence-electron chi connectivity index (χ4n) is 1.44. The molecule has 7 nitrogen and oxygen atoms in total. The quantitative estimate of drug-likeness (QED) is 0.908. The lowest BCUT2D eigenvalue weighted by Crippen LogP contribution is -2.13. The zero-order valence-electron chi connectivity index (χ0n) is 10.2. The maximum absolute atomic E-state index is 11.3. The highest BCUT2D eigenvalue weighted by Crippen LogP contribution is 2.36. The van der Waals surface area contributed by atoms with Gasteiger partial charge in [0.15, 0.2) is 5.82 Å². The van der Waals surface area contributed by atoms with E-state index >= 15 is 0 Å². The number of nitrogens with two attached hydrogens (primary N) is 1. The highest BCUT2D eigenvalue weighted by molar-refractivity contribution is 7.89. The van der Waals surface area contributed by atoms with Crippen LogP contribution in [0.25, 0.3) is 0 Å². The highest BCUT2D eigenvalue weighted by atomic mass is 35.5. The van der Waals surface area contributed by atoms with Gasteiger partial charge >= 0.3 is 0 Å². The van der Waals surface area contributed by atoms with Crippen LogP contribution in [0, 0.1) is 0 Å². The third kappa shape index (κ3) is 3.04. The Morgan fingerprint density at radius 2 is 2.05 bits per heavy atom. The summed E-state index contributed by atoms with van der Waals surface area (Å²) in [7, 11) is -2.22. The molecule has 0 radical (unpaired) electrons. The first-order valence-electron chi connectivity index (χ1n) is 5.27. The third-order valence-corrected chi connectivity index (χ3v) is 4.41. The number of aromatic nitrogens is 3. The van der Waals surface area contributed by atoms with Gasteiger partial charge in [0.05, 0.1) is 5.02 Å². The molecule has 2 aromatic rings. The number of halogens is 2. The molecule has 10 heteroatoms. The maximum atomic E-state index is 11.3. The number of rotatable bonds is 4. The Morgan fingerprint density at radius 1 is 1.35 bits per heavy atom. The first-order chi connectivity index (χ1) is 9.30. The number of benzene rings is 1. The topological polar surface area (TPSA) is 100 Å². The normalized spacial score (nSPS) is 11.6. The van der Waals surface area contributed by atoms with Crippen LogP contribution in [0.5, 0.6) is 5.75 Å². The lowest BCUT2D eigenvalue weighted by atomic mass is 10.3. The van der Waals surface area contributed by atoms with Gasteiger partial charge in [-0.3, -0.25) is 4.68 Å². The summed E-state index contributed by atoms with van der Waals surface area (Å²) in [6.07, 6.45) is 1.39. The summed E-state index contributed by atoms with van der Waals surface area (Å²) < 4.78 is 29.5. The minimum atomic E-state index is -3.94. The highest BCUT2D eigenvalue weighted by Gasteiger charge is 2.18. The standard InChI is InChI=1S/C10H10Cl2N4O3S/c1-16-8(14-5-15-16)4-19-6-2-3-7(20(13,17)18)10(12)9(6)11/h2-3,5H,4H2,1H3,(H2,13,17,18). The molecule has 0 fully saturated rings. The van der Waals surface area contributed by atoms with Gasteiger partial charge < -0.3 is 4.74 Å².